The number of hydrogen-bond donors (Lipinski definition) is 2. The standard InChI is InChI=1S/C29H52ClO5PS/c1-3-4-5-6-7-8-9-10-11-12-13-14-15-16-17-18-21-37-25-26(24-35-36(31,32)33)22-27-23-28(30)19-20-29(27)34-2/h19-20,23,26H,3-18,21-22,24-25H2,1-2H3,(H2,31,32,33). The maximum Gasteiger partial charge on any atom is 0.469 e. The SMILES string of the molecule is CCCCCCCCCCCCCCCCCCSCC(COP(=O)(O)O)Cc1cc(Cl)ccc1OC. The van der Waals surface area contributed by atoms with E-state index in [2.05, 4.69) is 6.92 Å². The number of ether oxygens (including phenoxy) is 1. The van der Waals surface area contributed by atoms with Crippen LogP contribution < -0.4 is 4.74 Å². The van der Waals surface area contributed by atoms with Gasteiger partial charge in [-0.05, 0) is 54.0 Å². The van der Waals surface area contributed by atoms with E-state index in [1.165, 1.54) is 103 Å². The lowest BCUT2D eigenvalue weighted by molar-refractivity contribution is 0.173. The molecule has 0 spiro atoms. The molecule has 216 valence electrons. The Hall–Kier alpha value is -0.230. The molecule has 1 rings (SSSR count). The van der Waals surface area contributed by atoms with E-state index >= 15 is 0 Å². The van der Waals surface area contributed by atoms with Crippen LogP contribution in [0.1, 0.15) is 115 Å². The number of hydrogen-bond acceptors (Lipinski definition) is 4. The Morgan fingerprint density at radius 2 is 1.38 bits per heavy atom. The van der Waals surface area contributed by atoms with Gasteiger partial charge in [0, 0.05) is 5.02 Å². The number of benzene rings is 1. The fourth-order valence-electron chi connectivity index (χ4n) is 4.59. The van der Waals surface area contributed by atoms with Gasteiger partial charge in [0.1, 0.15) is 5.75 Å². The number of unbranched alkanes of at least 4 members (excludes halogenated alkanes) is 15. The highest BCUT2D eigenvalue weighted by Gasteiger charge is 2.20. The van der Waals surface area contributed by atoms with Crippen molar-refractivity contribution in [3.8, 4) is 5.75 Å². The van der Waals surface area contributed by atoms with Crippen molar-refractivity contribution in [1.29, 1.82) is 0 Å². The molecule has 1 aromatic carbocycles. The van der Waals surface area contributed by atoms with Crippen molar-refractivity contribution >= 4 is 31.2 Å². The maximum absolute atomic E-state index is 11.2. The molecule has 0 aliphatic carbocycles. The van der Waals surface area contributed by atoms with Gasteiger partial charge in [0.2, 0.25) is 0 Å². The van der Waals surface area contributed by atoms with Crippen LogP contribution in [-0.4, -0.2) is 35.0 Å². The predicted octanol–water partition coefficient (Wildman–Crippen LogP) is 9.61. The molecule has 0 radical (unpaired) electrons. The van der Waals surface area contributed by atoms with Gasteiger partial charge in [0.15, 0.2) is 0 Å². The summed E-state index contributed by atoms with van der Waals surface area (Å²) in [5, 5.41) is 0.617. The largest absolute Gasteiger partial charge is 0.496 e. The fourth-order valence-corrected chi connectivity index (χ4v) is 6.31. The predicted molar refractivity (Wildman–Crippen MR) is 160 cm³/mol. The van der Waals surface area contributed by atoms with Crippen LogP contribution in [0.4, 0.5) is 0 Å². The molecule has 5 nitrogen and oxygen atoms in total. The first kappa shape index (κ1) is 34.8. The van der Waals surface area contributed by atoms with Gasteiger partial charge in [-0.3, -0.25) is 4.52 Å². The summed E-state index contributed by atoms with van der Waals surface area (Å²) >= 11 is 7.98. The van der Waals surface area contributed by atoms with Crippen molar-refractivity contribution < 1.29 is 23.6 Å². The Kier molecular flexibility index (Phi) is 21.2. The summed E-state index contributed by atoms with van der Waals surface area (Å²) in [7, 11) is -2.89. The van der Waals surface area contributed by atoms with Crippen LogP contribution in [0.25, 0.3) is 0 Å². The smallest absolute Gasteiger partial charge is 0.469 e. The molecule has 0 aliphatic heterocycles. The van der Waals surface area contributed by atoms with E-state index in [1.54, 1.807) is 13.2 Å². The number of phosphoric ester groups is 1. The zero-order chi connectivity index (χ0) is 27.2. The molecule has 1 aromatic rings. The molecule has 8 heteroatoms. The highest BCUT2D eigenvalue weighted by atomic mass is 35.5. The number of methoxy groups -OCH3 is 1. The Morgan fingerprint density at radius 1 is 0.865 bits per heavy atom. The first-order valence-electron chi connectivity index (χ1n) is 14.5. The summed E-state index contributed by atoms with van der Waals surface area (Å²) in [6.45, 7) is 2.28. The van der Waals surface area contributed by atoms with Gasteiger partial charge in [-0.2, -0.15) is 11.8 Å². The van der Waals surface area contributed by atoms with E-state index in [0.29, 0.717) is 11.4 Å². The number of phosphoric acid groups is 1. The first-order valence-corrected chi connectivity index (χ1v) is 17.5. The Balaban J connectivity index is 2.10. The van der Waals surface area contributed by atoms with Crippen LogP contribution >= 0.6 is 31.2 Å². The Labute approximate surface area is 236 Å². The van der Waals surface area contributed by atoms with E-state index < -0.39 is 7.82 Å². The average Bonchev–Trinajstić information content (AvgIpc) is 2.86. The molecule has 1 unspecified atom stereocenters. The van der Waals surface area contributed by atoms with E-state index in [-0.39, 0.29) is 12.5 Å². The minimum Gasteiger partial charge on any atom is -0.496 e. The van der Waals surface area contributed by atoms with Gasteiger partial charge in [-0.1, -0.05) is 115 Å². The molecular formula is C29H52ClO5PS. The van der Waals surface area contributed by atoms with Crippen molar-refractivity contribution in [2.24, 2.45) is 5.92 Å². The molecule has 0 amide bonds. The van der Waals surface area contributed by atoms with Crippen LogP contribution in [0.5, 0.6) is 5.75 Å². The van der Waals surface area contributed by atoms with E-state index in [1.807, 2.05) is 23.9 Å². The molecule has 0 saturated heterocycles. The summed E-state index contributed by atoms with van der Waals surface area (Å²) in [5.74, 6) is 2.52. The van der Waals surface area contributed by atoms with E-state index in [0.717, 1.165) is 22.8 Å². The van der Waals surface area contributed by atoms with Crippen LogP contribution in [0.3, 0.4) is 0 Å². The van der Waals surface area contributed by atoms with Crippen molar-refractivity contribution in [2.45, 2.75) is 116 Å². The fraction of sp³-hybridized carbons (Fsp3) is 0.793. The van der Waals surface area contributed by atoms with E-state index in [4.69, 9.17) is 30.6 Å². The minimum atomic E-state index is -4.50. The van der Waals surface area contributed by atoms with Crippen molar-refractivity contribution in [3.63, 3.8) is 0 Å². The maximum atomic E-state index is 11.2. The van der Waals surface area contributed by atoms with Gasteiger partial charge in [0.25, 0.3) is 0 Å². The van der Waals surface area contributed by atoms with Crippen molar-refractivity contribution in [3.05, 3.63) is 28.8 Å². The third kappa shape index (κ3) is 20.4. The molecule has 0 saturated carbocycles. The first-order chi connectivity index (χ1) is 17.9. The quantitative estimate of drug-likeness (QED) is 0.0888. The molecule has 0 aliphatic rings. The molecular weight excluding hydrogens is 527 g/mol. The normalized spacial score (nSPS) is 12.7. The molecule has 0 aromatic heterocycles. The Morgan fingerprint density at radius 3 is 1.86 bits per heavy atom. The van der Waals surface area contributed by atoms with Crippen molar-refractivity contribution in [2.75, 3.05) is 25.2 Å². The zero-order valence-electron chi connectivity index (χ0n) is 23.3. The monoisotopic (exact) mass is 578 g/mol. The van der Waals surface area contributed by atoms with Gasteiger partial charge in [-0.25, -0.2) is 4.57 Å². The third-order valence-electron chi connectivity index (χ3n) is 6.73. The van der Waals surface area contributed by atoms with Gasteiger partial charge in [-0.15, -0.1) is 0 Å². The topological polar surface area (TPSA) is 76.0 Å². The second-order valence-electron chi connectivity index (χ2n) is 10.2. The van der Waals surface area contributed by atoms with Crippen LogP contribution in [0.15, 0.2) is 18.2 Å². The molecule has 37 heavy (non-hydrogen) atoms. The van der Waals surface area contributed by atoms with Crippen molar-refractivity contribution in [1.82, 2.24) is 0 Å². The summed E-state index contributed by atoms with van der Waals surface area (Å²) in [6.07, 6.45) is 22.4. The third-order valence-corrected chi connectivity index (χ3v) is 8.73. The highest BCUT2D eigenvalue weighted by molar-refractivity contribution is 7.99. The van der Waals surface area contributed by atoms with Crippen LogP contribution in [0.2, 0.25) is 5.02 Å². The summed E-state index contributed by atoms with van der Waals surface area (Å²) in [6, 6.07) is 5.45. The van der Waals surface area contributed by atoms with Crippen LogP contribution in [-0.2, 0) is 15.5 Å². The molecule has 0 bridgehead atoms. The molecule has 1 atom stereocenters. The molecule has 0 heterocycles. The molecule has 2 N–H and O–H groups in total. The van der Waals surface area contributed by atoms with Gasteiger partial charge < -0.3 is 14.5 Å². The lowest BCUT2D eigenvalue weighted by Gasteiger charge is -2.19. The lowest BCUT2D eigenvalue weighted by atomic mass is 10.0. The second-order valence-corrected chi connectivity index (χ2v) is 13.0. The number of halogens is 1. The van der Waals surface area contributed by atoms with Crippen LogP contribution in [0, 0.1) is 5.92 Å². The number of rotatable bonds is 25. The Bertz CT molecular complexity index is 730. The minimum absolute atomic E-state index is 0.00586. The second kappa shape index (κ2) is 22.6. The van der Waals surface area contributed by atoms with E-state index in [9.17, 15) is 4.57 Å². The summed E-state index contributed by atoms with van der Waals surface area (Å²) in [5.41, 5.74) is 0.928. The number of thioether (sulfide) groups is 1. The van der Waals surface area contributed by atoms with Gasteiger partial charge >= 0.3 is 7.82 Å². The lowest BCUT2D eigenvalue weighted by Crippen LogP contribution is -2.15. The molecule has 0 fully saturated rings. The average molecular weight is 579 g/mol. The van der Waals surface area contributed by atoms with Gasteiger partial charge in [0.05, 0.1) is 13.7 Å². The summed E-state index contributed by atoms with van der Waals surface area (Å²) in [4.78, 5) is 18.3. The zero-order valence-corrected chi connectivity index (χ0v) is 25.8. The summed E-state index contributed by atoms with van der Waals surface area (Å²) < 4.78 is 21.5. The highest BCUT2D eigenvalue weighted by Crippen LogP contribution is 2.37.